The molecule has 2 N–H and O–H groups in total. The van der Waals surface area contributed by atoms with Crippen molar-refractivity contribution in [3.8, 4) is 0 Å². The van der Waals surface area contributed by atoms with Gasteiger partial charge in [-0.2, -0.15) is 5.10 Å². The Balaban J connectivity index is 2.06. The van der Waals surface area contributed by atoms with Gasteiger partial charge in [0.05, 0.1) is 6.04 Å². The van der Waals surface area contributed by atoms with Crippen LogP contribution in [0.1, 0.15) is 24.0 Å². The van der Waals surface area contributed by atoms with Crippen LogP contribution in [0, 0.1) is 0 Å². The molecule has 1 aliphatic heterocycles. The van der Waals surface area contributed by atoms with Gasteiger partial charge in [-0.05, 0) is 6.42 Å². The maximum Gasteiger partial charge on any atom is 0.291 e. The SMILES string of the molecule is CCCN(C(=O)c1ncn[nH]1)C1CNC1. The zero-order valence-electron chi connectivity index (χ0n) is 8.73. The summed E-state index contributed by atoms with van der Waals surface area (Å²) in [5, 5.41) is 9.46. The van der Waals surface area contributed by atoms with Crippen molar-refractivity contribution in [2.75, 3.05) is 19.6 Å². The van der Waals surface area contributed by atoms with Crippen molar-refractivity contribution in [3.63, 3.8) is 0 Å². The first-order chi connectivity index (χ1) is 7.33. The van der Waals surface area contributed by atoms with Crippen molar-refractivity contribution in [3.05, 3.63) is 12.2 Å². The summed E-state index contributed by atoms with van der Waals surface area (Å²) in [7, 11) is 0. The number of carbonyl (C=O) groups excluding carboxylic acids is 1. The molecule has 0 bridgehead atoms. The Hall–Kier alpha value is -1.43. The van der Waals surface area contributed by atoms with E-state index in [-0.39, 0.29) is 5.91 Å². The van der Waals surface area contributed by atoms with Crippen LogP contribution in [0.5, 0.6) is 0 Å². The molecule has 1 fully saturated rings. The van der Waals surface area contributed by atoms with Gasteiger partial charge in [0.1, 0.15) is 6.33 Å². The first kappa shape index (κ1) is 10.1. The van der Waals surface area contributed by atoms with Gasteiger partial charge in [-0.3, -0.25) is 9.89 Å². The number of rotatable bonds is 4. The Morgan fingerprint density at radius 2 is 2.47 bits per heavy atom. The van der Waals surface area contributed by atoms with E-state index < -0.39 is 0 Å². The fourth-order valence-electron chi connectivity index (χ4n) is 1.63. The van der Waals surface area contributed by atoms with E-state index >= 15 is 0 Å². The van der Waals surface area contributed by atoms with Crippen molar-refractivity contribution in [2.24, 2.45) is 0 Å². The number of aromatic amines is 1. The minimum absolute atomic E-state index is 0.0548. The third-order valence-electron chi connectivity index (χ3n) is 2.54. The van der Waals surface area contributed by atoms with Gasteiger partial charge >= 0.3 is 0 Å². The van der Waals surface area contributed by atoms with Crippen LogP contribution in [0.15, 0.2) is 6.33 Å². The summed E-state index contributed by atoms with van der Waals surface area (Å²) in [6.45, 7) is 4.58. The van der Waals surface area contributed by atoms with E-state index in [1.807, 2.05) is 4.90 Å². The number of nitrogens with one attached hydrogen (secondary N) is 2. The molecule has 0 spiro atoms. The van der Waals surface area contributed by atoms with Crippen LogP contribution in [0.3, 0.4) is 0 Å². The van der Waals surface area contributed by atoms with Gasteiger partial charge in [0.15, 0.2) is 0 Å². The second kappa shape index (κ2) is 4.39. The summed E-state index contributed by atoms with van der Waals surface area (Å²) in [5.74, 6) is 0.274. The van der Waals surface area contributed by atoms with Crippen molar-refractivity contribution < 1.29 is 4.79 Å². The van der Waals surface area contributed by atoms with Crippen LogP contribution < -0.4 is 5.32 Å². The molecule has 1 saturated heterocycles. The van der Waals surface area contributed by atoms with Crippen molar-refractivity contribution in [1.82, 2.24) is 25.4 Å². The Kier molecular flexibility index (Phi) is 2.96. The fraction of sp³-hybridized carbons (Fsp3) is 0.667. The highest BCUT2D eigenvalue weighted by molar-refractivity contribution is 5.90. The molecule has 0 radical (unpaired) electrons. The van der Waals surface area contributed by atoms with E-state index in [0.29, 0.717) is 11.9 Å². The van der Waals surface area contributed by atoms with Crippen LogP contribution >= 0.6 is 0 Å². The molecule has 1 aromatic rings. The molecule has 15 heavy (non-hydrogen) atoms. The van der Waals surface area contributed by atoms with Gasteiger partial charge in [0.2, 0.25) is 5.82 Å². The highest BCUT2D eigenvalue weighted by atomic mass is 16.2. The smallest absolute Gasteiger partial charge is 0.291 e. The lowest BCUT2D eigenvalue weighted by atomic mass is 10.1. The monoisotopic (exact) mass is 209 g/mol. The minimum atomic E-state index is -0.0548. The van der Waals surface area contributed by atoms with Gasteiger partial charge in [0, 0.05) is 19.6 Å². The van der Waals surface area contributed by atoms with Crippen LogP contribution in [0.4, 0.5) is 0 Å². The summed E-state index contributed by atoms with van der Waals surface area (Å²) < 4.78 is 0. The number of hydrogen-bond acceptors (Lipinski definition) is 4. The lowest BCUT2D eigenvalue weighted by Gasteiger charge is -2.37. The minimum Gasteiger partial charge on any atom is -0.330 e. The van der Waals surface area contributed by atoms with Crippen LogP contribution in [-0.4, -0.2) is 51.7 Å². The second-order valence-corrected chi connectivity index (χ2v) is 3.64. The number of H-pyrrole nitrogens is 1. The summed E-state index contributed by atoms with van der Waals surface area (Å²) in [6, 6.07) is 0.308. The number of carbonyl (C=O) groups is 1. The van der Waals surface area contributed by atoms with Gasteiger partial charge in [-0.1, -0.05) is 6.92 Å². The highest BCUT2D eigenvalue weighted by Crippen LogP contribution is 2.09. The van der Waals surface area contributed by atoms with E-state index in [0.717, 1.165) is 26.1 Å². The zero-order valence-corrected chi connectivity index (χ0v) is 8.73. The van der Waals surface area contributed by atoms with Gasteiger partial charge in [0.25, 0.3) is 5.91 Å². The Morgan fingerprint density at radius 3 is 2.93 bits per heavy atom. The normalized spacial score (nSPS) is 16.1. The first-order valence-corrected chi connectivity index (χ1v) is 5.20. The molecule has 6 nitrogen and oxygen atoms in total. The molecule has 1 amide bonds. The second-order valence-electron chi connectivity index (χ2n) is 3.64. The Labute approximate surface area is 88.1 Å². The molecule has 2 rings (SSSR count). The summed E-state index contributed by atoms with van der Waals surface area (Å²) in [5.41, 5.74) is 0. The van der Waals surface area contributed by atoms with Crippen molar-refractivity contribution in [1.29, 1.82) is 0 Å². The number of nitrogens with zero attached hydrogens (tertiary/aromatic N) is 3. The quantitative estimate of drug-likeness (QED) is 0.709. The van der Waals surface area contributed by atoms with Crippen LogP contribution in [-0.2, 0) is 0 Å². The number of aromatic nitrogens is 3. The predicted octanol–water partition coefficient (Wildman–Crippen LogP) is -0.371. The molecule has 1 aliphatic rings. The lowest BCUT2D eigenvalue weighted by Crippen LogP contribution is -2.59. The van der Waals surface area contributed by atoms with E-state index in [1.54, 1.807) is 0 Å². The summed E-state index contributed by atoms with van der Waals surface area (Å²) >= 11 is 0. The van der Waals surface area contributed by atoms with Gasteiger partial charge in [-0.15, -0.1) is 0 Å². The third-order valence-corrected chi connectivity index (χ3v) is 2.54. The van der Waals surface area contributed by atoms with Crippen LogP contribution in [0.2, 0.25) is 0 Å². The Bertz CT molecular complexity index is 319. The molecule has 82 valence electrons. The van der Waals surface area contributed by atoms with Crippen molar-refractivity contribution in [2.45, 2.75) is 19.4 Å². The molecule has 0 atom stereocenters. The fourth-order valence-corrected chi connectivity index (χ4v) is 1.63. The summed E-state index contributed by atoms with van der Waals surface area (Å²) in [4.78, 5) is 17.7. The number of amides is 1. The van der Waals surface area contributed by atoms with Gasteiger partial charge < -0.3 is 10.2 Å². The Morgan fingerprint density at radius 1 is 1.67 bits per heavy atom. The van der Waals surface area contributed by atoms with E-state index in [9.17, 15) is 4.79 Å². The molecule has 0 aliphatic carbocycles. The van der Waals surface area contributed by atoms with Crippen molar-refractivity contribution >= 4 is 5.91 Å². The molecule has 6 heteroatoms. The molecule has 0 saturated carbocycles. The highest BCUT2D eigenvalue weighted by Gasteiger charge is 2.29. The lowest BCUT2D eigenvalue weighted by molar-refractivity contribution is 0.0603. The maximum absolute atomic E-state index is 12.0. The van der Waals surface area contributed by atoms with E-state index in [4.69, 9.17) is 0 Å². The molecule has 1 aromatic heterocycles. The van der Waals surface area contributed by atoms with Gasteiger partial charge in [-0.25, -0.2) is 4.98 Å². The number of hydrogen-bond donors (Lipinski definition) is 2. The van der Waals surface area contributed by atoms with Crippen LogP contribution in [0.25, 0.3) is 0 Å². The third kappa shape index (κ3) is 1.99. The topological polar surface area (TPSA) is 73.9 Å². The molecular weight excluding hydrogens is 194 g/mol. The first-order valence-electron chi connectivity index (χ1n) is 5.20. The largest absolute Gasteiger partial charge is 0.330 e. The molecular formula is C9H15N5O. The maximum atomic E-state index is 12.0. The molecule has 0 aromatic carbocycles. The standard InChI is InChI=1S/C9H15N5O/c1-2-3-14(7-4-10-5-7)9(15)8-11-6-12-13-8/h6-7,10H,2-5H2,1H3,(H,11,12,13). The van der Waals surface area contributed by atoms with E-state index in [2.05, 4.69) is 27.4 Å². The summed E-state index contributed by atoms with van der Waals surface area (Å²) in [6.07, 6.45) is 2.31. The average molecular weight is 209 g/mol. The van der Waals surface area contributed by atoms with E-state index in [1.165, 1.54) is 6.33 Å². The molecule has 2 heterocycles. The average Bonchev–Trinajstić information content (AvgIpc) is 2.66. The molecule has 0 unspecified atom stereocenters. The predicted molar refractivity (Wildman–Crippen MR) is 54.4 cm³/mol. The zero-order chi connectivity index (χ0) is 10.7.